The lowest BCUT2D eigenvalue weighted by Gasteiger charge is -2.23. The van der Waals surface area contributed by atoms with Crippen LogP contribution in [0, 0.1) is 11.8 Å². The van der Waals surface area contributed by atoms with E-state index in [0.29, 0.717) is 13.1 Å². The van der Waals surface area contributed by atoms with Crippen LogP contribution in [0.25, 0.3) is 0 Å². The molecule has 1 rings (SSSR count). The van der Waals surface area contributed by atoms with E-state index in [9.17, 15) is 9.59 Å². The van der Waals surface area contributed by atoms with Gasteiger partial charge in [0.2, 0.25) is 0 Å². The normalized spacial score (nSPS) is 25.7. The van der Waals surface area contributed by atoms with Crippen molar-refractivity contribution >= 4 is 11.9 Å². The van der Waals surface area contributed by atoms with Crippen molar-refractivity contribution in [2.75, 3.05) is 20.2 Å². The molecule has 0 spiro atoms. The molecule has 6 nitrogen and oxygen atoms in total. The van der Waals surface area contributed by atoms with Crippen molar-refractivity contribution in [2.24, 2.45) is 17.7 Å². The van der Waals surface area contributed by atoms with E-state index in [1.807, 2.05) is 0 Å². The quantitative estimate of drug-likeness (QED) is 0.540. The van der Waals surface area contributed by atoms with Gasteiger partial charge in [-0.15, -0.1) is 0 Å². The van der Waals surface area contributed by atoms with Gasteiger partial charge in [-0.2, -0.15) is 0 Å². The first-order chi connectivity index (χ1) is 7.74. The third-order valence-electron chi connectivity index (χ3n) is 2.56. The summed E-state index contributed by atoms with van der Waals surface area (Å²) in [6.45, 7) is 5.99. The molecule has 1 aliphatic rings. The Morgan fingerprint density at radius 1 is 1.18 bits per heavy atom. The SMILES string of the molecule is COC(=O)C1CN(N)CC1C(=O)OC(C)(C)C. The minimum Gasteiger partial charge on any atom is -0.469 e. The summed E-state index contributed by atoms with van der Waals surface area (Å²) in [6, 6.07) is 0. The number of hydrazine groups is 1. The molecule has 1 aliphatic heterocycles. The molecule has 17 heavy (non-hydrogen) atoms. The number of methoxy groups -OCH3 is 1. The number of hydrogen-bond acceptors (Lipinski definition) is 6. The summed E-state index contributed by atoms with van der Waals surface area (Å²) in [5.74, 6) is 3.71. The first kappa shape index (κ1) is 13.9. The number of nitrogens with two attached hydrogens (primary N) is 1. The van der Waals surface area contributed by atoms with Crippen LogP contribution in [0.15, 0.2) is 0 Å². The highest BCUT2D eigenvalue weighted by molar-refractivity contribution is 5.83. The van der Waals surface area contributed by atoms with Crippen LogP contribution in [0.3, 0.4) is 0 Å². The Morgan fingerprint density at radius 3 is 2.06 bits per heavy atom. The van der Waals surface area contributed by atoms with E-state index in [4.69, 9.17) is 10.6 Å². The summed E-state index contributed by atoms with van der Waals surface area (Å²) < 4.78 is 9.93. The molecular formula is C11H20N2O4. The smallest absolute Gasteiger partial charge is 0.311 e. The Bertz CT molecular complexity index is 311. The Balaban J connectivity index is 2.73. The third-order valence-corrected chi connectivity index (χ3v) is 2.56. The van der Waals surface area contributed by atoms with Crippen molar-refractivity contribution in [3.8, 4) is 0 Å². The van der Waals surface area contributed by atoms with Crippen LogP contribution in [0.2, 0.25) is 0 Å². The second-order valence-corrected chi connectivity index (χ2v) is 5.22. The van der Waals surface area contributed by atoms with Gasteiger partial charge in [0.15, 0.2) is 0 Å². The average Bonchev–Trinajstić information content (AvgIpc) is 2.56. The zero-order valence-corrected chi connectivity index (χ0v) is 10.7. The Labute approximate surface area is 101 Å². The molecule has 0 aromatic heterocycles. The monoisotopic (exact) mass is 244 g/mol. The number of hydrogen-bond donors (Lipinski definition) is 1. The average molecular weight is 244 g/mol. The van der Waals surface area contributed by atoms with Crippen molar-refractivity contribution in [1.82, 2.24) is 5.01 Å². The predicted molar refractivity (Wildman–Crippen MR) is 60.6 cm³/mol. The van der Waals surface area contributed by atoms with Gasteiger partial charge < -0.3 is 9.47 Å². The summed E-state index contributed by atoms with van der Waals surface area (Å²) in [6.07, 6.45) is 0. The van der Waals surface area contributed by atoms with Crippen LogP contribution < -0.4 is 5.84 Å². The van der Waals surface area contributed by atoms with Crippen molar-refractivity contribution in [2.45, 2.75) is 26.4 Å². The highest BCUT2D eigenvalue weighted by Gasteiger charge is 2.43. The maximum Gasteiger partial charge on any atom is 0.311 e. The summed E-state index contributed by atoms with van der Waals surface area (Å²) >= 11 is 0. The van der Waals surface area contributed by atoms with E-state index in [1.54, 1.807) is 20.8 Å². The largest absolute Gasteiger partial charge is 0.469 e. The summed E-state index contributed by atoms with van der Waals surface area (Å²) in [5.41, 5.74) is -0.570. The molecular weight excluding hydrogens is 224 g/mol. The second kappa shape index (κ2) is 5.01. The molecule has 0 bridgehead atoms. The Hall–Kier alpha value is -1.14. The van der Waals surface area contributed by atoms with Gasteiger partial charge in [-0.3, -0.25) is 15.4 Å². The molecule has 6 heteroatoms. The molecule has 0 aromatic carbocycles. The first-order valence-corrected chi connectivity index (χ1v) is 5.55. The zero-order valence-electron chi connectivity index (χ0n) is 10.7. The van der Waals surface area contributed by atoms with E-state index in [-0.39, 0.29) is 0 Å². The Morgan fingerprint density at radius 2 is 1.65 bits per heavy atom. The lowest BCUT2D eigenvalue weighted by Crippen LogP contribution is -2.35. The van der Waals surface area contributed by atoms with Crippen LogP contribution in [-0.4, -0.2) is 42.7 Å². The number of carbonyl (C=O) groups excluding carboxylic acids is 2. The van der Waals surface area contributed by atoms with Crippen molar-refractivity contribution in [3.05, 3.63) is 0 Å². The van der Waals surface area contributed by atoms with Crippen LogP contribution in [0.5, 0.6) is 0 Å². The molecule has 1 fully saturated rings. The number of nitrogens with zero attached hydrogens (tertiary/aromatic N) is 1. The highest BCUT2D eigenvalue weighted by Crippen LogP contribution is 2.25. The fourth-order valence-corrected chi connectivity index (χ4v) is 1.84. The topological polar surface area (TPSA) is 81.9 Å². The number of ether oxygens (including phenoxy) is 2. The van der Waals surface area contributed by atoms with Gasteiger partial charge in [0.1, 0.15) is 5.60 Å². The molecule has 2 N–H and O–H groups in total. The molecule has 0 radical (unpaired) electrons. The van der Waals surface area contributed by atoms with E-state index in [2.05, 4.69) is 4.74 Å². The van der Waals surface area contributed by atoms with Gasteiger partial charge >= 0.3 is 11.9 Å². The van der Waals surface area contributed by atoms with Gasteiger partial charge in [-0.25, -0.2) is 5.01 Å². The molecule has 1 saturated heterocycles. The van der Waals surface area contributed by atoms with E-state index >= 15 is 0 Å². The van der Waals surface area contributed by atoms with E-state index in [1.165, 1.54) is 12.1 Å². The van der Waals surface area contributed by atoms with E-state index in [0.717, 1.165) is 0 Å². The molecule has 2 atom stereocenters. The van der Waals surface area contributed by atoms with Crippen LogP contribution in [0.4, 0.5) is 0 Å². The second-order valence-electron chi connectivity index (χ2n) is 5.22. The number of carbonyl (C=O) groups is 2. The van der Waals surface area contributed by atoms with Crippen LogP contribution in [0.1, 0.15) is 20.8 Å². The van der Waals surface area contributed by atoms with Gasteiger partial charge in [0.05, 0.1) is 18.9 Å². The first-order valence-electron chi connectivity index (χ1n) is 5.55. The molecule has 0 saturated carbocycles. The fourth-order valence-electron chi connectivity index (χ4n) is 1.84. The van der Waals surface area contributed by atoms with Crippen LogP contribution >= 0.6 is 0 Å². The standard InChI is InChI=1S/C11H20N2O4/c1-11(2,3)17-10(15)8-6-13(12)5-7(8)9(14)16-4/h7-8H,5-6,12H2,1-4H3. The number of esters is 2. The van der Waals surface area contributed by atoms with Crippen molar-refractivity contribution in [3.63, 3.8) is 0 Å². The molecule has 2 unspecified atom stereocenters. The fraction of sp³-hybridized carbons (Fsp3) is 0.818. The minimum atomic E-state index is -0.570. The zero-order chi connectivity index (χ0) is 13.2. The maximum atomic E-state index is 11.9. The Kier molecular flexibility index (Phi) is 4.11. The van der Waals surface area contributed by atoms with Crippen molar-refractivity contribution < 1.29 is 19.1 Å². The summed E-state index contributed by atoms with van der Waals surface area (Å²) in [5, 5.41) is 1.44. The van der Waals surface area contributed by atoms with Gasteiger partial charge in [-0.05, 0) is 20.8 Å². The third kappa shape index (κ3) is 3.67. The van der Waals surface area contributed by atoms with Crippen molar-refractivity contribution in [1.29, 1.82) is 0 Å². The molecule has 1 heterocycles. The summed E-state index contributed by atoms with van der Waals surface area (Å²) in [7, 11) is 1.30. The predicted octanol–water partition coefficient (Wildman–Crippen LogP) is -0.0772. The highest BCUT2D eigenvalue weighted by atomic mass is 16.6. The maximum absolute atomic E-state index is 11.9. The number of rotatable bonds is 2. The van der Waals surface area contributed by atoms with E-state index < -0.39 is 29.4 Å². The molecule has 0 aromatic rings. The molecule has 98 valence electrons. The van der Waals surface area contributed by atoms with Gasteiger partial charge in [0.25, 0.3) is 0 Å². The molecule has 0 aliphatic carbocycles. The lowest BCUT2D eigenvalue weighted by atomic mass is 9.96. The summed E-state index contributed by atoms with van der Waals surface area (Å²) in [4.78, 5) is 23.5. The lowest BCUT2D eigenvalue weighted by molar-refractivity contribution is -0.165. The minimum absolute atomic E-state index is 0.314. The molecule has 0 amide bonds. The van der Waals surface area contributed by atoms with Gasteiger partial charge in [-0.1, -0.05) is 0 Å². The van der Waals surface area contributed by atoms with Crippen LogP contribution in [-0.2, 0) is 19.1 Å². The van der Waals surface area contributed by atoms with Gasteiger partial charge in [0, 0.05) is 13.1 Å².